The van der Waals surface area contributed by atoms with Gasteiger partial charge < -0.3 is 20.9 Å². The van der Waals surface area contributed by atoms with Crippen molar-refractivity contribution in [1.29, 1.82) is 0 Å². The highest BCUT2D eigenvalue weighted by atomic mass is 16.6. The quantitative estimate of drug-likeness (QED) is 0.329. The molecule has 138 valence electrons. The summed E-state index contributed by atoms with van der Waals surface area (Å²) in [5.74, 6) is 0.681. The maximum atomic E-state index is 10.8. The maximum Gasteiger partial charge on any atom is 0.272 e. The molecular formula is C16H18N4O6. The SMILES string of the molecule is Cc1cc([N+](=O)[O-])cc(N)c1OCCOc1c(C)cc([N+](=O)[O-])cc1N. The molecule has 2 aromatic carbocycles. The van der Waals surface area contributed by atoms with Gasteiger partial charge in [0.15, 0.2) is 0 Å². The van der Waals surface area contributed by atoms with E-state index in [1.807, 2.05) is 0 Å². The predicted octanol–water partition coefficient (Wildman–Crippen LogP) is 2.74. The van der Waals surface area contributed by atoms with Crippen LogP contribution < -0.4 is 20.9 Å². The zero-order chi connectivity index (χ0) is 19.4. The molecule has 0 spiro atoms. The van der Waals surface area contributed by atoms with Crippen LogP contribution >= 0.6 is 0 Å². The number of anilines is 2. The molecule has 10 nitrogen and oxygen atoms in total. The van der Waals surface area contributed by atoms with Gasteiger partial charge in [-0.15, -0.1) is 0 Å². The van der Waals surface area contributed by atoms with Crippen molar-refractivity contribution in [3.8, 4) is 11.5 Å². The van der Waals surface area contributed by atoms with Crippen LogP contribution in [0.1, 0.15) is 11.1 Å². The zero-order valence-corrected chi connectivity index (χ0v) is 14.2. The smallest absolute Gasteiger partial charge is 0.272 e. The Morgan fingerprint density at radius 3 is 1.42 bits per heavy atom. The van der Waals surface area contributed by atoms with E-state index in [2.05, 4.69) is 0 Å². The van der Waals surface area contributed by atoms with Gasteiger partial charge in [-0.3, -0.25) is 20.2 Å². The van der Waals surface area contributed by atoms with Crippen LogP contribution in [0.3, 0.4) is 0 Å². The lowest BCUT2D eigenvalue weighted by Gasteiger charge is -2.14. The third-order valence-corrected chi connectivity index (χ3v) is 3.57. The third-order valence-electron chi connectivity index (χ3n) is 3.57. The Bertz CT molecular complexity index is 750. The number of hydrogen-bond donors (Lipinski definition) is 2. The molecule has 26 heavy (non-hydrogen) atoms. The molecule has 2 rings (SSSR count). The highest BCUT2D eigenvalue weighted by molar-refractivity contribution is 5.63. The second-order valence-electron chi connectivity index (χ2n) is 5.57. The van der Waals surface area contributed by atoms with Crippen LogP contribution in [0.15, 0.2) is 24.3 Å². The Labute approximate surface area is 148 Å². The van der Waals surface area contributed by atoms with Gasteiger partial charge in [-0.05, 0) is 25.0 Å². The lowest BCUT2D eigenvalue weighted by Crippen LogP contribution is -2.12. The zero-order valence-electron chi connectivity index (χ0n) is 14.2. The van der Waals surface area contributed by atoms with Crippen molar-refractivity contribution in [3.63, 3.8) is 0 Å². The standard InChI is InChI=1S/C16H18N4O6/c1-9-5-11(19(21)22)7-13(17)15(9)25-3-4-26-16-10(2)6-12(20(23)24)8-14(16)18/h5-8H,3-4,17-18H2,1-2H3. The van der Waals surface area contributed by atoms with E-state index in [1.165, 1.54) is 24.3 Å². The molecule has 10 heteroatoms. The summed E-state index contributed by atoms with van der Waals surface area (Å²) in [6, 6.07) is 5.18. The number of benzene rings is 2. The average Bonchev–Trinajstić information content (AvgIpc) is 2.54. The van der Waals surface area contributed by atoms with E-state index in [0.29, 0.717) is 22.6 Å². The first-order chi connectivity index (χ1) is 12.2. The van der Waals surface area contributed by atoms with Crippen LogP contribution in [0.5, 0.6) is 11.5 Å². The molecule has 0 aliphatic rings. The second-order valence-corrected chi connectivity index (χ2v) is 5.57. The van der Waals surface area contributed by atoms with Crippen molar-refractivity contribution in [1.82, 2.24) is 0 Å². The fourth-order valence-corrected chi connectivity index (χ4v) is 2.46. The van der Waals surface area contributed by atoms with Crippen LogP contribution in [-0.2, 0) is 0 Å². The van der Waals surface area contributed by atoms with Crippen molar-refractivity contribution in [3.05, 3.63) is 55.6 Å². The van der Waals surface area contributed by atoms with Gasteiger partial charge in [-0.1, -0.05) is 0 Å². The maximum absolute atomic E-state index is 10.8. The number of nitrogen functional groups attached to an aromatic ring is 2. The molecule has 0 aromatic heterocycles. The van der Waals surface area contributed by atoms with Crippen LogP contribution in [0, 0.1) is 34.1 Å². The number of nitrogens with zero attached hydrogens (tertiary/aromatic N) is 2. The molecule has 0 radical (unpaired) electrons. The number of aryl methyl sites for hydroxylation is 2. The molecule has 0 aliphatic carbocycles. The Morgan fingerprint density at radius 1 is 0.808 bits per heavy atom. The number of rotatable bonds is 7. The van der Waals surface area contributed by atoms with E-state index in [9.17, 15) is 20.2 Å². The fourth-order valence-electron chi connectivity index (χ4n) is 2.46. The van der Waals surface area contributed by atoms with Crippen LogP contribution in [-0.4, -0.2) is 23.1 Å². The molecule has 4 N–H and O–H groups in total. The summed E-state index contributed by atoms with van der Waals surface area (Å²) in [6.07, 6.45) is 0. The lowest BCUT2D eigenvalue weighted by atomic mass is 10.1. The molecule has 0 fully saturated rings. The number of nitro groups is 2. The van der Waals surface area contributed by atoms with Gasteiger partial charge in [0, 0.05) is 24.3 Å². The van der Waals surface area contributed by atoms with Crippen LogP contribution in [0.4, 0.5) is 22.7 Å². The third kappa shape index (κ3) is 4.09. The molecule has 0 bridgehead atoms. The summed E-state index contributed by atoms with van der Waals surface area (Å²) >= 11 is 0. The molecule has 2 aromatic rings. The van der Waals surface area contributed by atoms with E-state index in [1.54, 1.807) is 13.8 Å². The minimum atomic E-state index is -0.531. The van der Waals surface area contributed by atoms with E-state index in [0.717, 1.165) is 0 Å². The highest BCUT2D eigenvalue weighted by Crippen LogP contribution is 2.32. The molecule has 0 aliphatic heterocycles. The van der Waals surface area contributed by atoms with Crippen molar-refractivity contribution >= 4 is 22.7 Å². The van der Waals surface area contributed by atoms with Gasteiger partial charge in [-0.2, -0.15) is 0 Å². The summed E-state index contributed by atoms with van der Waals surface area (Å²) in [7, 11) is 0. The van der Waals surface area contributed by atoms with Gasteiger partial charge in [0.25, 0.3) is 11.4 Å². The molecule has 0 unspecified atom stereocenters. The predicted molar refractivity (Wildman–Crippen MR) is 95.5 cm³/mol. The first-order valence-corrected chi connectivity index (χ1v) is 7.55. The Kier molecular flexibility index (Phi) is 5.45. The summed E-state index contributed by atoms with van der Waals surface area (Å²) in [5, 5.41) is 21.6. The Morgan fingerprint density at radius 2 is 1.15 bits per heavy atom. The van der Waals surface area contributed by atoms with E-state index >= 15 is 0 Å². The largest absolute Gasteiger partial charge is 0.488 e. The number of ether oxygens (including phenoxy) is 2. The van der Waals surface area contributed by atoms with Gasteiger partial charge in [0.2, 0.25) is 0 Å². The van der Waals surface area contributed by atoms with Gasteiger partial charge >= 0.3 is 0 Å². The number of hydrogen-bond acceptors (Lipinski definition) is 8. The minimum absolute atomic E-state index is 0.110. The first kappa shape index (κ1) is 18.8. The number of nitrogens with two attached hydrogens (primary N) is 2. The molecule has 0 saturated carbocycles. The molecule has 0 saturated heterocycles. The van der Waals surface area contributed by atoms with Crippen molar-refractivity contribution < 1.29 is 19.3 Å². The van der Waals surface area contributed by atoms with E-state index < -0.39 is 9.85 Å². The lowest BCUT2D eigenvalue weighted by molar-refractivity contribution is -0.385. The highest BCUT2D eigenvalue weighted by Gasteiger charge is 2.15. The first-order valence-electron chi connectivity index (χ1n) is 7.55. The molecule has 0 heterocycles. The van der Waals surface area contributed by atoms with Crippen molar-refractivity contribution in [2.24, 2.45) is 0 Å². The Balaban J connectivity index is 2.02. The van der Waals surface area contributed by atoms with Crippen LogP contribution in [0.2, 0.25) is 0 Å². The summed E-state index contributed by atoms with van der Waals surface area (Å²) in [4.78, 5) is 20.5. The topological polar surface area (TPSA) is 157 Å². The van der Waals surface area contributed by atoms with Crippen molar-refractivity contribution in [2.75, 3.05) is 24.7 Å². The Hall–Kier alpha value is -3.56. The molecule has 0 atom stereocenters. The van der Waals surface area contributed by atoms with Gasteiger partial charge in [0.05, 0.1) is 21.2 Å². The number of non-ortho nitro benzene ring substituents is 2. The monoisotopic (exact) mass is 362 g/mol. The fraction of sp³-hybridized carbons (Fsp3) is 0.250. The minimum Gasteiger partial charge on any atom is -0.488 e. The second kappa shape index (κ2) is 7.55. The average molecular weight is 362 g/mol. The summed E-state index contributed by atoms with van der Waals surface area (Å²) < 4.78 is 11.1. The number of nitro benzene ring substituents is 2. The normalized spacial score (nSPS) is 10.4. The summed E-state index contributed by atoms with van der Waals surface area (Å²) in [5.41, 5.74) is 12.7. The summed E-state index contributed by atoms with van der Waals surface area (Å²) in [6.45, 7) is 3.52. The van der Waals surface area contributed by atoms with Crippen LogP contribution in [0.25, 0.3) is 0 Å². The van der Waals surface area contributed by atoms with E-state index in [-0.39, 0.29) is 36.0 Å². The molecule has 0 amide bonds. The van der Waals surface area contributed by atoms with E-state index in [4.69, 9.17) is 20.9 Å². The molecular weight excluding hydrogens is 344 g/mol. The van der Waals surface area contributed by atoms with Crippen molar-refractivity contribution in [2.45, 2.75) is 13.8 Å². The van der Waals surface area contributed by atoms with Gasteiger partial charge in [-0.25, -0.2) is 0 Å². The van der Waals surface area contributed by atoms with Gasteiger partial charge in [0.1, 0.15) is 24.7 Å².